The van der Waals surface area contributed by atoms with E-state index in [-0.39, 0.29) is 45.1 Å². The molecule has 6 atom stereocenters. The Kier molecular flexibility index (Phi) is 3.19. The smallest absolute Gasteiger partial charge is 0.323 e. The lowest BCUT2D eigenvalue weighted by Crippen LogP contribution is -2.48. The van der Waals surface area contributed by atoms with Crippen LogP contribution in [0.3, 0.4) is 0 Å². The van der Waals surface area contributed by atoms with Crippen LogP contribution in [0.2, 0.25) is 0 Å². The Hall–Kier alpha value is -1.61. The first-order valence-electron chi connectivity index (χ1n) is 8.69. The van der Waals surface area contributed by atoms with Crippen molar-refractivity contribution in [3.63, 3.8) is 0 Å². The molecule has 2 aliphatic heterocycles. The third kappa shape index (κ3) is 1.85. The van der Waals surface area contributed by atoms with E-state index in [9.17, 15) is 19.2 Å². The van der Waals surface area contributed by atoms with Crippen LogP contribution < -0.4 is 4.87 Å². The third-order valence-corrected chi connectivity index (χ3v) is 9.58. The normalized spacial score (nSPS) is 39.1. The van der Waals surface area contributed by atoms with E-state index in [0.717, 1.165) is 21.2 Å². The lowest BCUT2D eigenvalue weighted by Gasteiger charge is -2.47. The number of thiazole rings is 1. The Labute approximate surface area is 157 Å². The van der Waals surface area contributed by atoms with Gasteiger partial charge in [0.25, 0.3) is 0 Å². The van der Waals surface area contributed by atoms with Crippen molar-refractivity contribution >= 4 is 40.9 Å². The second-order valence-corrected chi connectivity index (χ2v) is 10.4. The lowest BCUT2D eigenvalue weighted by molar-refractivity contribution is -0.149. The number of carboxylic acid groups (broad SMARTS) is 1. The number of carbonyl (C=O) groups excluding carboxylic acids is 2. The van der Waals surface area contributed by atoms with Crippen LogP contribution >= 0.6 is 23.1 Å². The largest absolute Gasteiger partial charge is 0.480 e. The van der Waals surface area contributed by atoms with Gasteiger partial charge in [-0.25, -0.2) is 0 Å². The number of hydrogen-bond donors (Lipinski definition) is 2. The molecular formula is C17H18N2O5S2. The molecule has 26 heavy (non-hydrogen) atoms. The standard InChI is InChI=1S/C17H18N2O5S2/c1-17(2)10-5-3-6(11(10)25-13-12(17)26-16(24)18-13)9-8(5)14(22)19(15(9)23)4-7(20)21/h5-6,8-11H,3-4H2,1-2H3,(H,18,24)(H,20,21). The number of rotatable bonds is 2. The van der Waals surface area contributed by atoms with Crippen LogP contribution in [0, 0.1) is 29.6 Å². The minimum Gasteiger partial charge on any atom is -0.480 e. The van der Waals surface area contributed by atoms with Crippen molar-refractivity contribution in [3.8, 4) is 0 Å². The van der Waals surface area contributed by atoms with E-state index >= 15 is 0 Å². The van der Waals surface area contributed by atoms with Gasteiger partial charge in [-0.1, -0.05) is 25.2 Å². The minimum absolute atomic E-state index is 0.0612. The third-order valence-electron chi connectivity index (χ3n) is 6.78. The summed E-state index contributed by atoms with van der Waals surface area (Å²) in [6.45, 7) is 3.70. The Morgan fingerprint density at radius 3 is 2.54 bits per heavy atom. The van der Waals surface area contributed by atoms with Crippen molar-refractivity contribution in [3.05, 3.63) is 14.5 Å². The van der Waals surface area contributed by atoms with Crippen LogP contribution in [-0.4, -0.2) is 44.6 Å². The number of H-pyrrole nitrogens is 1. The molecule has 6 unspecified atom stereocenters. The highest BCUT2D eigenvalue weighted by molar-refractivity contribution is 8.00. The van der Waals surface area contributed by atoms with Gasteiger partial charge < -0.3 is 10.1 Å². The maximum atomic E-state index is 12.8. The van der Waals surface area contributed by atoms with Gasteiger partial charge in [0.15, 0.2) is 0 Å². The molecule has 138 valence electrons. The van der Waals surface area contributed by atoms with Crippen LogP contribution in [0.25, 0.3) is 0 Å². The molecule has 3 fully saturated rings. The van der Waals surface area contributed by atoms with Gasteiger partial charge in [-0.15, -0.1) is 11.8 Å². The monoisotopic (exact) mass is 394 g/mol. The number of aromatic nitrogens is 1. The highest BCUT2D eigenvalue weighted by atomic mass is 32.2. The molecule has 2 N–H and O–H groups in total. The molecule has 4 aliphatic rings. The van der Waals surface area contributed by atoms with Crippen molar-refractivity contribution in [2.24, 2.45) is 29.6 Å². The van der Waals surface area contributed by atoms with Gasteiger partial charge in [0.2, 0.25) is 11.8 Å². The summed E-state index contributed by atoms with van der Waals surface area (Å²) in [6, 6.07) is 0. The molecule has 5 rings (SSSR count). The molecular weight excluding hydrogens is 376 g/mol. The number of fused-ring (bicyclic) bond motifs is 9. The van der Waals surface area contributed by atoms with Gasteiger partial charge in [0.1, 0.15) is 6.54 Å². The molecule has 7 nitrogen and oxygen atoms in total. The molecule has 1 saturated heterocycles. The zero-order chi connectivity index (χ0) is 18.5. The number of carbonyl (C=O) groups is 3. The number of thioether (sulfide) groups is 1. The van der Waals surface area contributed by atoms with Crippen LogP contribution in [0.15, 0.2) is 9.82 Å². The highest BCUT2D eigenvalue weighted by Gasteiger charge is 2.70. The predicted molar refractivity (Wildman–Crippen MR) is 94.0 cm³/mol. The average Bonchev–Trinajstić information content (AvgIpc) is 3.25. The molecule has 0 radical (unpaired) electrons. The first kappa shape index (κ1) is 16.6. The van der Waals surface area contributed by atoms with E-state index in [4.69, 9.17) is 5.11 Å². The van der Waals surface area contributed by atoms with Crippen molar-refractivity contribution < 1.29 is 19.5 Å². The Morgan fingerprint density at radius 2 is 1.88 bits per heavy atom. The number of carboxylic acids is 1. The maximum Gasteiger partial charge on any atom is 0.323 e. The van der Waals surface area contributed by atoms with Crippen LogP contribution in [0.4, 0.5) is 0 Å². The topological polar surface area (TPSA) is 108 Å². The summed E-state index contributed by atoms with van der Waals surface area (Å²) >= 11 is 2.87. The molecule has 9 heteroatoms. The van der Waals surface area contributed by atoms with E-state index in [2.05, 4.69) is 18.8 Å². The summed E-state index contributed by atoms with van der Waals surface area (Å²) in [5, 5.41) is 10.1. The number of imide groups is 1. The quantitative estimate of drug-likeness (QED) is 0.729. The Bertz CT molecular complexity index is 918. The number of nitrogens with zero attached hydrogens (tertiary/aromatic N) is 1. The zero-order valence-corrected chi connectivity index (χ0v) is 15.9. The van der Waals surface area contributed by atoms with Gasteiger partial charge in [-0.05, 0) is 24.2 Å². The summed E-state index contributed by atoms with van der Waals surface area (Å²) in [4.78, 5) is 53.4. The minimum atomic E-state index is -1.16. The predicted octanol–water partition coefficient (Wildman–Crippen LogP) is 1.14. The molecule has 1 aromatic rings. The van der Waals surface area contributed by atoms with Gasteiger partial charge in [0.05, 0.1) is 16.9 Å². The van der Waals surface area contributed by atoms with Crippen molar-refractivity contribution in [2.75, 3.05) is 6.54 Å². The lowest BCUT2D eigenvalue weighted by atomic mass is 9.64. The van der Waals surface area contributed by atoms with Gasteiger partial charge in [-0.3, -0.25) is 24.1 Å². The average molecular weight is 394 g/mol. The molecule has 1 aromatic heterocycles. The summed E-state index contributed by atoms with van der Waals surface area (Å²) in [5.41, 5.74) is -0.247. The van der Waals surface area contributed by atoms with Crippen molar-refractivity contribution in [1.29, 1.82) is 0 Å². The molecule has 2 aliphatic carbocycles. The fraction of sp³-hybridized carbons (Fsp3) is 0.647. The van der Waals surface area contributed by atoms with E-state index in [1.54, 1.807) is 11.8 Å². The second kappa shape index (κ2) is 5.01. The molecule has 2 amide bonds. The highest BCUT2D eigenvalue weighted by Crippen LogP contribution is 2.68. The molecule has 2 saturated carbocycles. The molecule has 0 aromatic carbocycles. The fourth-order valence-electron chi connectivity index (χ4n) is 6.01. The van der Waals surface area contributed by atoms with E-state index < -0.39 is 24.3 Å². The Morgan fingerprint density at radius 1 is 1.23 bits per heavy atom. The fourth-order valence-corrected chi connectivity index (χ4v) is 9.16. The van der Waals surface area contributed by atoms with E-state index in [0.29, 0.717) is 0 Å². The number of amides is 2. The Balaban J connectivity index is 1.57. The molecule has 2 bridgehead atoms. The molecule has 3 heterocycles. The maximum absolute atomic E-state index is 12.8. The van der Waals surface area contributed by atoms with Gasteiger partial charge in [-0.2, -0.15) is 0 Å². The number of hydrogen-bond acceptors (Lipinski definition) is 6. The van der Waals surface area contributed by atoms with Crippen molar-refractivity contribution in [2.45, 2.75) is 36.0 Å². The number of aliphatic carboxylic acids is 1. The summed E-state index contributed by atoms with van der Waals surface area (Å²) < 4.78 is 0. The summed E-state index contributed by atoms with van der Waals surface area (Å²) in [6.07, 6.45) is 0.832. The SMILES string of the molecule is CC1(C)c2sc(=O)[nH]c2SC2C3CC(C4C(=O)N(CC(=O)O)C(=O)C34)C21. The summed E-state index contributed by atoms with van der Waals surface area (Å²) in [5.74, 6) is -2.26. The van der Waals surface area contributed by atoms with Crippen LogP contribution in [0.5, 0.6) is 0 Å². The van der Waals surface area contributed by atoms with Gasteiger partial charge >= 0.3 is 10.8 Å². The van der Waals surface area contributed by atoms with E-state index in [1.165, 1.54) is 11.3 Å². The number of aromatic amines is 1. The second-order valence-electron chi connectivity index (χ2n) is 8.27. The van der Waals surface area contributed by atoms with E-state index in [1.807, 2.05) is 0 Å². The molecule has 0 spiro atoms. The first-order chi connectivity index (χ1) is 12.2. The zero-order valence-electron chi connectivity index (χ0n) is 14.2. The number of likely N-dealkylation sites (tertiary alicyclic amines) is 1. The number of nitrogens with one attached hydrogen (secondary N) is 1. The van der Waals surface area contributed by atoms with Crippen molar-refractivity contribution in [1.82, 2.24) is 9.88 Å². The first-order valence-corrected chi connectivity index (χ1v) is 10.4. The van der Waals surface area contributed by atoms with Crippen LogP contribution in [-0.2, 0) is 19.8 Å². The van der Waals surface area contributed by atoms with Crippen LogP contribution in [0.1, 0.15) is 25.1 Å². The summed E-state index contributed by atoms with van der Waals surface area (Å²) in [7, 11) is 0. The van der Waals surface area contributed by atoms with Gasteiger partial charge in [0, 0.05) is 15.5 Å².